The van der Waals surface area contributed by atoms with E-state index in [9.17, 15) is 9.18 Å². The number of thiophene rings is 1. The van der Waals surface area contributed by atoms with E-state index in [2.05, 4.69) is 39.3 Å². The third-order valence-electron chi connectivity index (χ3n) is 6.72. The number of likely N-dealkylation sites (N-methyl/N-ethyl adjacent to an activating group) is 1. The van der Waals surface area contributed by atoms with E-state index in [1.165, 1.54) is 29.2 Å². The Morgan fingerprint density at radius 1 is 1.06 bits per heavy atom. The highest BCUT2D eigenvalue weighted by atomic mass is 32.1. The molecule has 35 heavy (non-hydrogen) atoms. The molecule has 2 aromatic carbocycles. The summed E-state index contributed by atoms with van der Waals surface area (Å²) in [5.41, 5.74) is 4.92. The zero-order valence-electron chi connectivity index (χ0n) is 20.3. The van der Waals surface area contributed by atoms with Crippen molar-refractivity contribution in [3.8, 4) is 0 Å². The smallest absolute Gasteiger partial charge is 0.265 e. The molecule has 0 spiro atoms. The van der Waals surface area contributed by atoms with Crippen LogP contribution < -0.4 is 10.2 Å². The average Bonchev–Trinajstić information content (AvgIpc) is 3.43. The van der Waals surface area contributed by atoms with Crippen LogP contribution >= 0.6 is 11.3 Å². The molecular formula is C27H30FN5OS. The summed E-state index contributed by atoms with van der Waals surface area (Å²) >= 11 is 1.43. The number of nitrogens with one attached hydrogen (secondary N) is 1. The van der Waals surface area contributed by atoms with E-state index in [4.69, 9.17) is 0 Å². The number of nitrogens with zero attached hydrogens (tertiary/aromatic N) is 4. The van der Waals surface area contributed by atoms with Gasteiger partial charge in [0.1, 0.15) is 10.6 Å². The number of carbonyl (C=O) groups excluding carboxylic acids is 1. The highest BCUT2D eigenvalue weighted by molar-refractivity contribution is 7.20. The van der Waals surface area contributed by atoms with Crippen LogP contribution in [0.25, 0.3) is 10.2 Å². The van der Waals surface area contributed by atoms with Crippen LogP contribution in [0.3, 0.4) is 0 Å². The molecule has 0 radical (unpaired) electrons. The maximum absolute atomic E-state index is 13.3. The fourth-order valence-electron chi connectivity index (χ4n) is 4.59. The Kier molecular flexibility index (Phi) is 6.58. The van der Waals surface area contributed by atoms with Crippen molar-refractivity contribution in [2.45, 2.75) is 27.3 Å². The first-order valence-electron chi connectivity index (χ1n) is 12.0. The Balaban J connectivity index is 1.31. The summed E-state index contributed by atoms with van der Waals surface area (Å²) in [5, 5.41) is 8.69. The molecule has 1 aliphatic heterocycles. The van der Waals surface area contributed by atoms with Crippen molar-refractivity contribution in [2.24, 2.45) is 0 Å². The fraction of sp³-hybridized carbons (Fsp3) is 0.333. The lowest BCUT2D eigenvalue weighted by molar-refractivity contribution is 0.103. The number of piperazine rings is 1. The Bertz CT molecular complexity index is 1350. The van der Waals surface area contributed by atoms with Gasteiger partial charge in [0.15, 0.2) is 0 Å². The van der Waals surface area contributed by atoms with Gasteiger partial charge in [0, 0.05) is 42.9 Å². The molecule has 1 amide bonds. The molecule has 1 N–H and O–H groups in total. The highest BCUT2D eigenvalue weighted by Crippen LogP contribution is 2.30. The van der Waals surface area contributed by atoms with Gasteiger partial charge in [0.2, 0.25) is 0 Å². The summed E-state index contributed by atoms with van der Waals surface area (Å²) in [4.78, 5) is 19.6. The van der Waals surface area contributed by atoms with Gasteiger partial charge < -0.3 is 15.1 Å². The quantitative estimate of drug-likeness (QED) is 0.398. The number of halogens is 1. The van der Waals surface area contributed by atoms with Crippen LogP contribution in [0.15, 0.2) is 48.5 Å². The Morgan fingerprint density at radius 2 is 1.80 bits per heavy atom. The number of hydrogen-bond donors (Lipinski definition) is 1. The van der Waals surface area contributed by atoms with Crippen molar-refractivity contribution in [2.75, 3.05) is 42.9 Å². The fourth-order valence-corrected chi connectivity index (χ4v) is 5.64. The van der Waals surface area contributed by atoms with E-state index in [1.807, 2.05) is 30.7 Å². The Hall–Kier alpha value is -3.23. The summed E-state index contributed by atoms with van der Waals surface area (Å²) < 4.78 is 15.1. The molecule has 0 saturated carbocycles. The third kappa shape index (κ3) is 4.94. The molecule has 0 atom stereocenters. The molecule has 1 fully saturated rings. The minimum atomic E-state index is -0.256. The van der Waals surface area contributed by atoms with Gasteiger partial charge in [0.05, 0.1) is 17.1 Å². The van der Waals surface area contributed by atoms with E-state index >= 15 is 0 Å². The van der Waals surface area contributed by atoms with Crippen LogP contribution in [0.4, 0.5) is 15.8 Å². The number of fused-ring (bicyclic) bond motifs is 1. The summed E-state index contributed by atoms with van der Waals surface area (Å²) in [6, 6.07) is 14.6. The normalized spacial score (nSPS) is 14.6. The zero-order chi connectivity index (χ0) is 24.5. The maximum atomic E-state index is 13.3. The standard InChI is InChI=1S/C27H30FN5OS/c1-4-31-11-13-32(14-12-31)22-9-10-24(18(2)15-22)29-26(34)25-16-23-19(3)30-33(27(23)35-25)17-20-5-7-21(28)8-6-20/h5-10,15-16H,4,11-14,17H2,1-3H3,(H,29,34). The number of hydrogen-bond acceptors (Lipinski definition) is 5. The molecule has 3 heterocycles. The second-order valence-corrected chi connectivity index (χ2v) is 10.1. The molecule has 5 rings (SSSR count). The number of benzene rings is 2. The number of amides is 1. The van der Waals surface area contributed by atoms with Crippen LogP contribution in [0.2, 0.25) is 0 Å². The number of carbonyl (C=O) groups is 1. The van der Waals surface area contributed by atoms with E-state index in [-0.39, 0.29) is 11.7 Å². The Labute approximate surface area is 209 Å². The second-order valence-electron chi connectivity index (χ2n) is 9.07. The summed E-state index contributed by atoms with van der Waals surface area (Å²) in [5.74, 6) is -0.376. The van der Waals surface area contributed by atoms with Gasteiger partial charge in [-0.1, -0.05) is 19.1 Å². The largest absolute Gasteiger partial charge is 0.369 e. The minimum absolute atomic E-state index is 0.119. The lowest BCUT2D eigenvalue weighted by atomic mass is 10.1. The molecule has 0 bridgehead atoms. The number of aromatic nitrogens is 2. The van der Waals surface area contributed by atoms with Gasteiger partial charge in [-0.25, -0.2) is 4.39 Å². The van der Waals surface area contributed by atoms with Crippen molar-refractivity contribution < 1.29 is 9.18 Å². The molecule has 0 unspecified atom stereocenters. The van der Waals surface area contributed by atoms with Crippen LogP contribution in [0, 0.1) is 19.7 Å². The monoisotopic (exact) mass is 491 g/mol. The lowest BCUT2D eigenvalue weighted by Crippen LogP contribution is -2.46. The molecule has 4 aromatic rings. The van der Waals surface area contributed by atoms with Gasteiger partial charge in [-0.15, -0.1) is 11.3 Å². The first kappa shape index (κ1) is 23.5. The van der Waals surface area contributed by atoms with E-state index < -0.39 is 0 Å². The van der Waals surface area contributed by atoms with Crippen LogP contribution in [0.5, 0.6) is 0 Å². The van der Waals surface area contributed by atoms with Crippen molar-refractivity contribution in [3.05, 3.63) is 76.0 Å². The predicted octanol–water partition coefficient (Wildman–Crippen LogP) is 5.30. The number of anilines is 2. The molecule has 0 aliphatic carbocycles. The molecule has 1 saturated heterocycles. The Morgan fingerprint density at radius 3 is 2.49 bits per heavy atom. The number of rotatable bonds is 6. The molecule has 8 heteroatoms. The molecule has 2 aromatic heterocycles. The second kappa shape index (κ2) is 9.79. The molecule has 182 valence electrons. The van der Waals surface area contributed by atoms with Crippen molar-refractivity contribution in [1.29, 1.82) is 0 Å². The molecule has 1 aliphatic rings. The summed E-state index contributed by atoms with van der Waals surface area (Å²) in [6.07, 6.45) is 0. The third-order valence-corrected chi connectivity index (χ3v) is 7.87. The van der Waals surface area contributed by atoms with Gasteiger partial charge in [-0.05, 0) is 67.9 Å². The average molecular weight is 492 g/mol. The van der Waals surface area contributed by atoms with Crippen LogP contribution in [-0.4, -0.2) is 53.3 Å². The molecule has 6 nitrogen and oxygen atoms in total. The first-order valence-corrected chi connectivity index (χ1v) is 12.8. The van der Waals surface area contributed by atoms with Crippen LogP contribution in [-0.2, 0) is 6.54 Å². The van der Waals surface area contributed by atoms with Gasteiger partial charge in [0.25, 0.3) is 5.91 Å². The summed E-state index contributed by atoms with van der Waals surface area (Å²) in [6.45, 7) is 12.0. The zero-order valence-corrected chi connectivity index (χ0v) is 21.2. The van der Waals surface area contributed by atoms with Gasteiger partial charge in [-0.3, -0.25) is 9.48 Å². The van der Waals surface area contributed by atoms with Crippen molar-refractivity contribution >= 4 is 38.8 Å². The van der Waals surface area contributed by atoms with E-state index in [0.717, 1.165) is 65.4 Å². The minimum Gasteiger partial charge on any atom is -0.369 e. The molecular weight excluding hydrogens is 461 g/mol. The van der Waals surface area contributed by atoms with Gasteiger partial charge >= 0.3 is 0 Å². The lowest BCUT2D eigenvalue weighted by Gasteiger charge is -2.35. The topological polar surface area (TPSA) is 53.4 Å². The maximum Gasteiger partial charge on any atom is 0.265 e. The van der Waals surface area contributed by atoms with Crippen molar-refractivity contribution in [3.63, 3.8) is 0 Å². The van der Waals surface area contributed by atoms with E-state index in [0.29, 0.717) is 11.4 Å². The van der Waals surface area contributed by atoms with Gasteiger partial charge in [-0.2, -0.15) is 5.10 Å². The highest BCUT2D eigenvalue weighted by Gasteiger charge is 2.19. The summed E-state index contributed by atoms with van der Waals surface area (Å²) in [7, 11) is 0. The number of aryl methyl sites for hydroxylation is 2. The first-order chi connectivity index (χ1) is 16.9. The van der Waals surface area contributed by atoms with Crippen molar-refractivity contribution in [1.82, 2.24) is 14.7 Å². The van der Waals surface area contributed by atoms with Crippen LogP contribution in [0.1, 0.15) is 33.4 Å². The SMILES string of the molecule is CCN1CCN(c2ccc(NC(=O)c3cc4c(C)nn(Cc5ccc(F)cc5)c4s3)c(C)c2)CC1. The van der Waals surface area contributed by atoms with E-state index in [1.54, 1.807) is 12.1 Å². The predicted molar refractivity (Wildman–Crippen MR) is 141 cm³/mol.